The second-order valence-corrected chi connectivity index (χ2v) is 3.11. The van der Waals surface area contributed by atoms with Crippen LogP contribution in [-0.2, 0) is 5.41 Å². The molecule has 0 fully saturated rings. The van der Waals surface area contributed by atoms with Crippen molar-refractivity contribution < 1.29 is 5.11 Å². The molecule has 1 aromatic carbocycles. The maximum absolute atomic E-state index is 9.51. The van der Waals surface area contributed by atoms with E-state index in [1.807, 2.05) is 0 Å². The average Bonchev–Trinajstić information content (AvgIpc) is 2.26. The minimum atomic E-state index is -1.93. The molecule has 0 unspecified atom stereocenters. The molecule has 0 radical (unpaired) electrons. The Morgan fingerprint density at radius 2 is 1.67 bits per heavy atom. The summed E-state index contributed by atoms with van der Waals surface area (Å²) in [6.45, 7) is 1.75. The van der Waals surface area contributed by atoms with Crippen molar-refractivity contribution in [3.05, 3.63) is 29.3 Å². The van der Waals surface area contributed by atoms with Crippen LogP contribution >= 0.6 is 0 Å². The summed E-state index contributed by atoms with van der Waals surface area (Å²) in [6.07, 6.45) is 0. The van der Waals surface area contributed by atoms with Gasteiger partial charge >= 0.3 is 0 Å². The standard InChI is InChI=1S/C11H7N3O/c1-8-2-3-10(15)9(4-8)11(5-12,6-13)7-14/h2-4,15H,1H3. The van der Waals surface area contributed by atoms with E-state index >= 15 is 0 Å². The van der Waals surface area contributed by atoms with E-state index in [4.69, 9.17) is 15.8 Å². The molecular formula is C11H7N3O. The highest BCUT2D eigenvalue weighted by Gasteiger charge is 2.35. The van der Waals surface area contributed by atoms with Crippen molar-refractivity contribution in [3.8, 4) is 24.0 Å². The fraction of sp³-hybridized carbons (Fsp3) is 0.182. The molecule has 72 valence electrons. The van der Waals surface area contributed by atoms with Crippen LogP contribution in [0.1, 0.15) is 11.1 Å². The predicted octanol–water partition coefficient (Wildman–Crippen LogP) is 1.51. The van der Waals surface area contributed by atoms with Crippen molar-refractivity contribution >= 4 is 0 Å². The molecule has 0 heterocycles. The highest BCUT2D eigenvalue weighted by atomic mass is 16.3. The van der Waals surface area contributed by atoms with Gasteiger partial charge in [-0.3, -0.25) is 0 Å². The van der Waals surface area contributed by atoms with Crippen LogP contribution in [0.3, 0.4) is 0 Å². The lowest BCUT2D eigenvalue weighted by molar-refractivity contribution is 0.465. The Kier molecular flexibility index (Phi) is 2.61. The van der Waals surface area contributed by atoms with Gasteiger partial charge in [-0.05, 0) is 19.1 Å². The fourth-order valence-electron chi connectivity index (χ4n) is 1.21. The zero-order valence-electron chi connectivity index (χ0n) is 8.02. The number of phenols is 1. The number of aromatic hydroxyl groups is 1. The number of nitrogens with zero attached hydrogens (tertiary/aromatic N) is 3. The first-order chi connectivity index (χ1) is 7.09. The van der Waals surface area contributed by atoms with Crippen LogP contribution in [0.25, 0.3) is 0 Å². The molecule has 15 heavy (non-hydrogen) atoms. The first-order valence-corrected chi connectivity index (χ1v) is 4.13. The van der Waals surface area contributed by atoms with Gasteiger partial charge in [0.15, 0.2) is 0 Å². The zero-order chi connectivity index (χ0) is 11.5. The van der Waals surface area contributed by atoms with Gasteiger partial charge in [0.05, 0.1) is 0 Å². The number of benzene rings is 1. The maximum atomic E-state index is 9.51. The van der Waals surface area contributed by atoms with E-state index in [-0.39, 0.29) is 11.3 Å². The fourth-order valence-corrected chi connectivity index (χ4v) is 1.21. The van der Waals surface area contributed by atoms with Gasteiger partial charge in [0.2, 0.25) is 0 Å². The van der Waals surface area contributed by atoms with Crippen molar-refractivity contribution in [2.75, 3.05) is 0 Å². The van der Waals surface area contributed by atoms with Gasteiger partial charge in [0.1, 0.15) is 24.0 Å². The van der Waals surface area contributed by atoms with Gasteiger partial charge in [0.25, 0.3) is 5.41 Å². The SMILES string of the molecule is Cc1ccc(O)c(C(C#N)(C#N)C#N)c1. The monoisotopic (exact) mass is 197 g/mol. The molecule has 0 amide bonds. The highest BCUT2D eigenvalue weighted by Crippen LogP contribution is 2.30. The summed E-state index contributed by atoms with van der Waals surface area (Å²) >= 11 is 0. The average molecular weight is 197 g/mol. The molecule has 0 aliphatic carbocycles. The first-order valence-electron chi connectivity index (χ1n) is 4.13. The molecule has 0 aromatic heterocycles. The van der Waals surface area contributed by atoms with E-state index in [1.165, 1.54) is 12.1 Å². The Morgan fingerprint density at radius 3 is 2.13 bits per heavy atom. The number of hydrogen-bond donors (Lipinski definition) is 1. The van der Waals surface area contributed by atoms with Crippen LogP contribution in [0, 0.1) is 40.9 Å². The quantitative estimate of drug-likeness (QED) is 0.738. The van der Waals surface area contributed by atoms with Crippen molar-refractivity contribution in [2.24, 2.45) is 0 Å². The molecule has 0 aliphatic heterocycles. The van der Waals surface area contributed by atoms with E-state index in [1.54, 1.807) is 31.2 Å². The lowest BCUT2D eigenvalue weighted by Crippen LogP contribution is -2.19. The summed E-state index contributed by atoms with van der Waals surface area (Å²) in [5.74, 6) is -0.217. The van der Waals surface area contributed by atoms with Crippen LogP contribution in [0.5, 0.6) is 5.75 Å². The Labute approximate surface area is 87.2 Å². The minimum absolute atomic E-state index is 0.0370. The molecule has 0 atom stereocenters. The third-order valence-corrected chi connectivity index (χ3v) is 2.06. The van der Waals surface area contributed by atoms with Gasteiger partial charge in [-0.25, -0.2) is 0 Å². The van der Waals surface area contributed by atoms with E-state index in [9.17, 15) is 5.11 Å². The second kappa shape index (κ2) is 3.70. The Morgan fingerprint density at radius 1 is 1.13 bits per heavy atom. The predicted molar refractivity (Wildman–Crippen MR) is 51.4 cm³/mol. The van der Waals surface area contributed by atoms with Crippen molar-refractivity contribution in [1.29, 1.82) is 15.8 Å². The largest absolute Gasteiger partial charge is 0.508 e. The lowest BCUT2D eigenvalue weighted by atomic mass is 9.83. The third kappa shape index (κ3) is 1.59. The van der Waals surface area contributed by atoms with E-state index in [2.05, 4.69) is 0 Å². The maximum Gasteiger partial charge on any atom is 0.257 e. The van der Waals surface area contributed by atoms with Gasteiger partial charge in [-0.15, -0.1) is 0 Å². The normalized spacial score (nSPS) is 9.73. The summed E-state index contributed by atoms with van der Waals surface area (Å²) in [4.78, 5) is 0. The lowest BCUT2D eigenvalue weighted by Gasteiger charge is -2.12. The number of nitriles is 3. The first kappa shape index (κ1) is 10.6. The van der Waals surface area contributed by atoms with Gasteiger partial charge in [0, 0.05) is 5.56 Å². The summed E-state index contributed by atoms with van der Waals surface area (Å²) in [6, 6.07) is 9.32. The van der Waals surface area contributed by atoms with Crippen LogP contribution in [-0.4, -0.2) is 5.11 Å². The molecule has 1 rings (SSSR count). The summed E-state index contributed by atoms with van der Waals surface area (Å²) in [7, 11) is 0. The van der Waals surface area contributed by atoms with E-state index in [0.29, 0.717) is 0 Å². The molecule has 0 saturated heterocycles. The molecule has 0 spiro atoms. The molecule has 0 saturated carbocycles. The van der Waals surface area contributed by atoms with Gasteiger partial charge < -0.3 is 5.11 Å². The summed E-state index contributed by atoms with van der Waals surface area (Å²) in [5, 5.41) is 36.0. The molecule has 0 bridgehead atoms. The molecule has 1 aromatic rings. The van der Waals surface area contributed by atoms with E-state index < -0.39 is 5.41 Å². The van der Waals surface area contributed by atoms with Gasteiger partial charge in [-0.1, -0.05) is 11.6 Å². The van der Waals surface area contributed by atoms with Crippen LogP contribution < -0.4 is 0 Å². The second-order valence-electron chi connectivity index (χ2n) is 3.11. The minimum Gasteiger partial charge on any atom is -0.508 e. The molecular weight excluding hydrogens is 190 g/mol. The Bertz CT molecular complexity index is 478. The third-order valence-electron chi connectivity index (χ3n) is 2.06. The molecule has 1 N–H and O–H groups in total. The van der Waals surface area contributed by atoms with Crippen molar-refractivity contribution in [2.45, 2.75) is 12.3 Å². The van der Waals surface area contributed by atoms with Gasteiger partial charge in [-0.2, -0.15) is 15.8 Å². The topological polar surface area (TPSA) is 91.6 Å². The molecule has 4 nitrogen and oxygen atoms in total. The zero-order valence-corrected chi connectivity index (χ0v) is 8.02. The summed E-state index contributed by atoms with van der Waals surface area (Å²) < 4.78 is 0. The Hall–Kier alpha value is -2.51. The van der Waals surface area contributed by atoms with Crippen LogP contribution in [0.15, 0.2) is 18.2 Å². The van der Waals surface area contributed by atoms with Crippen LogP contribution in [0.4, 0.5) is 0 Å². The number of hydrogen-bond acceptors (Lipinski definition) is 4. The number of aryl methyl sites for hydroxylation is 1. The van der Waals surface area contributed by atoms with Crippen molar-refractivity contribution in [3.63, 3.8) is 0 Å². The van der Waals surface area contributed by atoms with Crippen LogP contribution in [0.2, 0.25) is 0 Å². The van der Waals surface area contributed by atoms with Crippen molar-refractivity contribution in [1.82, 2.24) is 0 Å². The Balaban J connectivity index is 3.53. The summed E-state index contributed by atoms with van der Waals surface area (Å²) in [5.41, 5.74) is -1.13. The smallest absolute Gasteiger partial charge is 0.257 e. The molecule has 4 heteroatoms. The van der Waals surface area contributed by atoms with E-state index in [0.717, 1.165) is 5.56 Å². The number of rotatable bonds is 1. The highest BCUT2D eigenvalue weighted by molar-refractivity contribution is 5.54. The molecule has 0 aliphatic rings. The number of phenolic OH excluding ortho intramolecular Hbond substituents is 1.